The average molecular weight is 352 g/mol. The molecule has 0 heterocycles. The molecule has 4 nitrogen and oxygen atoms in total. The van der Waals surface area contributed by atoms with Gasteiger partial charge in [-0.25, -0.2) is 4.79 Å². The van der Waals surface area contributed by atoms with E-state index in [9.17, 15) is 15.0 Å². The second-order valence-electron chi connectivity index (χ2n) is 6.83. The first-order valence-electron chi connectivity index (χ1n) is 9.22. The molecule has 0 radical (unpaired) electrons. The Hall–Kier alpha value is -0.320. The summed E-state index contributed by atoms with van der Waals surface area (Å²) in [6.45, 7) is 6.46. The summed E-state index contributed by atoms with van der Waals surface area (Å²) in [4.78, 5) is 11.3. The van der Waals surface area contributed by atoms with Gasteiger partial charge in [-0.05, 0) is 12.8 Å². The van der Waals surface area contributed by atoms with Crippen molar-refractivity contribution in [2.45, 2.75) is 103 Å². The predicted octanol–water partition coefficient (Wildman–Crippen LogP) is 0.0889. The zero-order valence-corrected chi connectivity index (χ0v) is 16.1. The van der Waals surface area contributed by atoms with E-state index in [4.69, 9.17) is 0 Å². The van der Waals surface area contributed by atoms with E-state index in [-0.39, 0.29) is 12.4 Å². The SMILES string of the molecule is CCCCCCCCCCC(O)C[NH2+]C(C)(CCC)C(=O)O.[Cl-]. The van der Waals surface area contributed by atoms with Gasteiger partial charge in [-0.3, -0.25) is 0 Å². The van der Waals surface area contributed by atoms with E-state index >= 15 is 0 Å². The molecular formula is C18H38ClNO3. The van der Waals surface area contributed by atoms with E-state index in [0.717, 1.165) is 19.3 Å². The summed E-state index contributed by atoms with van der Waals surface area (Å²) in [5.74, 6) is -0.784. The van der Waals surface area contributed by atoms with Crippen LogP contribution in [0.4, 0.5) is 0 Å². The molecule has 0 fully saturated rings. The third kappa shape index (κ3) is 12.7. The van der Waals surface area contributed by atoms with Crippen LogP contribution in [0.3, 0.4) is 0 Å². The quantitative estimate of drug-likeness (QED) is 0.366. The van der Waals surface area contributed by atoms with Crippen LogP contribution >= 0.6 is 0 Å². The van der Waals surface area contributed by atoms with E-state index in [0.29, 0.717) is 13.0 Å². The van der Waals surface area contributed by atoms with Gasteiger partial charge < -0.3 is 27.9 Å². The van der Waals surface area contributed by atoms with Gasteiger partial charge in [0.05, 0.1) is 0 Å². The molecule has 0 aliphatic carbocycles. The van der Waals surface area contributed by atoms with Crippen LogP contribution in [0.25, 0.3) is 0 Å². The molecule has 0 saturated carbocycles. The normalized spacial score (nSPS) is 14.8. The Kier molecular flexibility index (Phi) is 16.5. The summed E-state index contributed by atoms with van der Waals surface area (Å²) in [5, 5.41) is 21.1. The van der Waals surface area contributed by atoms with Crippen LogP contribution < -0.4 is 17.7 Å². The number of aliphatic hydroxyl groups is 1. The number of aliphatic carboxylic acids is 1. The number of carboxylic acid groups (broad SMARTS) is 1. The predicted molar refractivity (Wildman–Crippen MR) is 91.0 cm³/mol. The monoisotopic (exact) mass is 351 g/mol. The highest BCUT2D eigenvalue weighted by atomic mass is 35.5. The Bertz CT molecular complexity index is 289. The number of quaternary nitrogens is 1. The van der Waals surface area contributed by atoms with Crippen LogP contribution in [0.5, 0.6) is 0 Å². The third-order valence-electron chi connectivity index (χ3n) is 4.49. The first-order valence-corrected chi connectivity index (χ1v) is 9.22. The van der Waals surface area contributed by atoms with E-state index in [2.05, 4.69) is 6.92 Å². The third-order valence-corrected chi connectivity index (χ3v) is 4.49. The molecule has 2 atom stereocenters. The molecule has 0 spiro atoms. The lowest BCUT2D eigenvalue weighted by Gasteiger charge is -2.23. The van der Waals surface area contributed by atoms with Crippen LogP contribution in [0.15, 0.2) is 0 Å². The highest BCUT2D eigenvalue weighted by molar-refractivity contribution is 5.76. The maximum absolute atomic E-state index is 11.3. The molecule has 0 rings (SSSR count). The summed E-state index contributed by atoms with van der Waals surface area (Å²) in [5.41, 5.74) is -0.797. The number of nitrogens with two attached hydrogens (primary N) is 1. The maximum Gasteiger partial charge on any atom is 0.365 e. The van der Waals surface area contributed by atoms with Gasteiger partial charge in [-0.15, -0.1) is 0 Å². The molecule has 140 valence electrons. The maximum atomic E-state index is 11.3. The number of halogens is 1. The van der Waals surface area contributed by atoms with E-state index in [1.807, 2.05) is 6.92 Å². The second kappa shape index (κ2) is 15.2. The molecule has 0 saturated heterocycles. The lowest BCUT2D eigenvalue weighted by atomic mass is 9.96. The Labute approximate surface area is 148 Å². The van der Waals surface area contributed by atoms with Crippen molar-refractivity contribution < 1.29 is 32.7 Å². The van der Waals surface area contributed by atoms with Crippen molar-refractivity contribution in [2.24, 2.45) is 0 Å². The highest BCUT2D eigenvalue weighted by Crippen LogP contribution is 2.11. The molecule has 4 N–H and O–H groups in total. The number of carboxylic acids is 1. The Morgan fingerprint density at radius 1 is 1.00 bits per heavy atom. The molecule has 0 aliphatic heterocycles. The summed E-state index contributed by atoms with van der Waals surface area (Å²) in [6, 6.07) is 0. The number of hydrogen-bond donors (Lipinski definition) is 3. The average Bonchev–Trinajstić information content (AvgIpc) is 2.48. The fourth-order valence-corrected chi connectivity index (χ4v) is 2.84. The lowest BCUT2D eigenvalue weighted by Crippen LogP contribution is -3.00. The number of rotatable bonds is 15. The van der Waals surface area contributed by atoms with Crippen molar-refractivity contribution in [1.29, 1.82) is 0 Å². The molecule has 23 heavy (non-hydrogen) atoms. The van der Waals surface area contributed by atoms with Crippen molar-refractivity contribution in [3.63, 3.8) is 0 Å². The van der Waals surface area contributed by atoms with Crippen LogP contribution in [-0.2, 0) is 4.79 Å². The zero-order chi connectivity index (χ0) is 16.8. The second-order valence-corrected chi connectivity index (χ2v) is 6.83. The molecule has 0 aromatic carbocycles. The molecular weight excluding hydrogens is 314 g/mol. The van der Waals surface area contributed by atoms with Crippen molar-refractivity contribution in [3.8, 4) is 0 Å². The lowest BCUT2D eigenvalue weighted by molar-refractivity contribution is -0.716. The zero-order valence-electron chi connectivity index (χ0n) is 15.3. The van der Waals surface area contributed by atoms with E-state index in [1.165, 1.54) is 44.9 Å². The molecule has 0 aromatic heterocycles. The van der Waals surface area contributed by atoms with E-state index < -0.39 is 17.6 Å². The van der Waals surface area contributed by atoms with Gasteiger partial charge in [0.15, 0.2) is 5.54 Å². The molecule has 0 aromatic rings. The highest BCUT2D eigenvalue weighted by Gasteiger charge is 2.36. The molecule has 0 aliphatic rings. The molecule has 5 heteroatoms. The van der Waals surface area contributed by atoms with Crippen molar-refractivity contribution in [2.75, 3.05) is 6.54 Å². The first kappa shape index (κ1) is 24.9. The van der Waals surface area contributed by atoms with Gasteiger partial charge in [0.25, 0.3) is 0 Å². The molecule has 0 bridgehead atoms. The summed E-state index contributed by atoms with van der Waals surface area (Å²) in [7, 11) is 0. The van der Waals surface area contributed by atoms with E-state index in [1.54, 1.807) is 12.2 Å². The Morgan fingerprint density at radius 3 is 2.00 bits per heavy atom. The van der Waals surface area contributed by atoms with Crippen LogP contribution in [-0.4, -0.2) is 34.4 Å². The topological polar surface area (TPSA) is 74.1 Å². The smallest absolute Gasteiger partial charge is 0.365 e. The van der Waals surface area contributed by atoms with Crippen molar-refractivity contribution >= 4 is 5.97 Å². The summed E-state index contributed by atoms with van der Waals surface area (Å²) < 4.78 is 0. The number of unbranched alkanes of at least 4 members (excludes halogenated alkanes) is 7. The minimum atomic E-state index is -0.797. The number of aliphatic hydroxyl groups excluding tert-OH is 1. The van der Waals surface area contributed by atoms with Gasteiger partial charge in [0.2, 0.25) is 0 Å². The van der Waals surface area contributed by atoms with Crippen molar-refractivity contribution in [1.82, 2.24) is 0 Å². The molecule has 2 unspecified atom stereocenters. The first-order chi connectivity index (χ1) is 10.5. The Morgan fingerprint density at radius 2 is 1.52 bits per heavy atom. The van der Waals surface area contributed by atoms with Gasteiger partial charge >= 0.3 is 5.97 Å². The minimum absolute atomic E-state index is 0. The number of hydrogen-bond acceptors (Lipinski definition) is 2. The van der Waals surface area contributed by atoms with Crippen LogP contribution in [0.2, 0.25) is 0 Å². The fraction of sp³-hybridized carbons (Fsp3) is 0.944. The minimum Gasteiger partial charge on any atom is -1.00 e. The molecule has 0 amide bonds. The van der Waals surface area contributed by atoms with Gasteiger partial charge in [0.1, 0.15) is 12.6 Å². The van der Waals surface area contributed by atoms with Gasteiger partial charge in [-0.2, -0.15) is 0 Å². The largest absolute Gasteiger partial charge is 1.00 e. The summed E-state index contributed by atoms with van der Waals surface area (Å²) in [6.07, 6.45) is 11.9. The standard InChI is InChI=1S/C18H37NO3.ClH/c1-4-6-7-8-9-10-11-12-13-16(20)15-19-18(3,14-5-2)17(21)22;/h16,19-20H,4-15H2,1-3H3,(H,21,22);1H. The number of carbonyl (C=O) groups is 1. The Balaban J connectivity index is 0. The summed E-state index contributed by atoms with van der Waals surface area (Å²) >= 11 is 0. The fourth-order valence-electron chi connectivity index (χ4n) is 2.84. The van der Waals surface area contributed by atoms with Gasteiger partial charge in [-0.1, -0.05) is 65.2 Å². The van der Waals surface area contributed by atoms with Crippen LogP contribution in [0, 0.1) is 0 Å². The van der Waals surface area contributed by atoms with Crippen molar-refractivity contribution in [3.05, 3.63) is 0 Å². The van der Waals surface area contributed by atoms with Crippen LogP contribution in [0.1, 0.15) is 91.4 Å². The van der Waals surface area contributed by atoms with Gasteiger partial charge in [0, 0.05) is 13.3 Å².